The van der Waals surface area contributed by atoms with Gasteiger partial charge in [0.2, 0.25) is 0 Å². The molecule has 2 aliphatic rings. The van der Waals surface area contributed by atoms with Crippen LogP contribution < -0.4 is 9.64 Å². The van der Waals surface area contributed by atoms with Gasteiger partial charge in [-0.25, -0.2) is 8.42 Å². The molecule has 0 amide bonds. The Bertz CT molecular complexity index is 1390. The number of aromatic nitrogens is 2. The standard InChI is InChI=1S/C25H29F3N4O3S2/c1-35-23-29-21(20-11-19(12-25(26,27)28)36-22(20)30-23)32-10-8-24(16-32)7-9-31(15-24)13-17-3-5-18(6-4-17)14-37(2,33)34/h3-6,11H,7-10,12-16H2,1-2H3. The van der Waals surface area contributed by atoms with Gasteiger partial charge in [-0.05, 0) is 36.6 Å². The maximum atomic E-state index is 13.0. The van der Waals surface area contributed by atoms with E-state index in [0.717, 1.165) is 68.0 Å². The number of benzene rings is 1. The van der Waals surface area contributed by atoms with Gasteiger partial charge in [-0.2, -0.15) is 23.1 Å². The fraction of sp³-hybridized carbons (Fsp3) is 0.520. The van der Waals surface area contributed by atoms with E-state index in [-0.39, 0.29) is 22.1 Å². The van der Waals surface area contributed by atoms with Gasteiger partial charge >= 0.3 is 12.2 Å². The van der Waals surface area contributed by atoms with E-state index in [1.165, 1.54) is 13.4 Å². The first kappa shape index (κ1) is 26.2. The Hall–Kier alpha value is -2.44. The highest BCUT2D eigenvalue weighted by Gasteiger charge is 2.44. The van der Waals surface area contributed by atoms with E-state index in [9.17, 15) is 21.6 Å². The van der Waals surface area contributed by atoms with Crippen molar-refractivity contribution < 1.29 is 26.3 Å². The van der Waals surface area contributed by atoms with Gasteiger partial charge in [0.1, 0.15) is 10.6 Å². The van der Waals surface area contributed by atoms with Gasteiger partial charge in [-0.1, -0.05) is 24.3 Å². The fourth-order valence-corrected chi connectivity index (χ4v) is 7.31. The van der Waals surface area contributed by atoms with Crippen molar-refractivity contribution in [2.75, 3.05) is 44.4 Å². The monoisotopic (exact) mass is 554 g/mol. The minimum Gasteiger partial charge on any atom is -0.467 e. The first-order chi connectivity index (χ1) is 17.4. The van der Waals surface area contributed by atoms with Crippen LogP contribution in [0.5, 0.6) is 6.01 Å². The van der Waals surface area contributed by atoms with Crippen LogP contribution in [-0.2, 0) is 28.6 Å². The number of methoxy groups -OCH3 is 1. The van der Waals surface area contributed by atoms with Crippen LogP contribution in [0.15, 0.2) is 30.3 Å². The Kier molecular flexibility index (Phi) is 6.86. The van der Waals surface area contributed by atoms with E-state index < -0.39 is 22.4 Å². The van der Waals surface area contributed by atoms with Crippen LogP contribution in [0.25, 0.3) is 10.2 Å². The molecule has 4 heterocycles. The molecule has 2 saturated heterocycles. The topological polar surface area (TPSA) is 75.6 Å². The molecule has 2 aliphatic heterocycles. The second-order valence-corrected chi connectivity index (χ2v) is 13.5. The molecule has 2 aromatic heterocycles. The summed E-state index contributed by atoms with van der Waals surface area (Å²) in [7, 11) is -1.60. The zero-order chi connectivity index (χ0) is 26.4. The second-order valence-electron chi connectivity index (χ2n) is 10.3. The third-order valence-corrected chi connectivity index (χ3v) is 8.96. The van der Waals surface area contributed by atoms with Gasteiger partial charge in [0.05, 0.1) is 24.7 Å². The number of ether oxygens (including phenoxy) is 1. The van der Waals surface area contributed by atoms with E-state index >= 15 is 0 Å². The number of hydrogen-bond donors (Lipinski definition) is 0. The average molecular weight is 555 g/mol. The predicted octanol–water partition coefficient (Wildman–Crippen LogP) is 4.45. The third-order valence-electron chi connectivity index (χ3n) is 7.07. The van der Waals surface area contributed by atoms with E-state index in [2.05, 4.69) is 19.8 Å². The van der Waals surface area contributed by atoms with Crippen molar-refractivity contribution in [2.24, 2.45) is 5.41 Å². The normalized spacial score (nSPS) is 20.9. The molecule has 0 bridgehead atoms. The molecule has 0 aliphatic carbocycles. The summed E-state index contributed by atoms with van der Waals surface area (Å²) in [5.41, 5.74) is 2.02. The Balaban J connectivity index is 1.29. The Morgan fingerprint density at radius 3 is 2.46 bits per heavy atom. The lowest BCUT2D eigenvalue weighted by Crippen LogP contribution is -2.31. The Morgan fingerprint density at radius 2 is 1.78 bits per heavy atom. The van der Waals surface area contributed by atoms with Gasteiger partial charge in [-0.3, -0.25) is 4.90 Å². The van der Waals surface area contributed by atoms with Gasteiger partial charge in [-0.15, -0.1) is 11.3 Å². The van der Waals surface area contributed by atoms with Crippen LogP contribution >= 0.6 is 11.3 Å². The van der Waals surface area contributed by atoms with Crippen molar-refractivity contribution >= 4 is 37.2 Å². The molecular weight excluding hydrogens is 525 g/mol. The molecule has 1 aromatic carbocycles. The van der Waals surface area contributed by atoms with Crippen LogP contribution in [0.4, 0.5) is 19.0 Å². The van der Waals surface area contributed by atoms with Crippen molar-refractivity contribution in [3.8, 4) is 6.01 Å². The minimum atomic E-state index is -4.28. The number of alkyl halides is 3. The fourth-order valence-electron chi connectivity index (χ4n) is 5.47. The van der Waals surface area contributed by atoms with Crippen molar-refractivity contribution in [3.05, 3.63) is 46.3 Å². The summed E-state index contributed by atoms with van der Waals surface area (Å²) < 4.78 is 67.3. The summed E-state index contributed by atoms with van der Waals surface area (Å²) in [4.78, 5) is 14.2. The van der Waals surface area contributed by atoms with Crippen LogP contribution in [0.1, 0.15) is 28.8 Å². The summed E-state index contributed by atoms with van der Waals surface area (Å²) in [6.07, 6.45) is -2.02. The molecule has 2 fully saturated rings. The molecule has 37 heavy (non-hydrogen) atoms. The molecule has 5 rings (SSSR count). The number of fused-ring (bicyclic) bond motifs is 1. The van der Waals surface area contributed by atoms with E-state index in [1.807, 2.05) is 24.3 Å². The molecule has 1 atom stereocenters. The van der Waals surface area contributed by atoms with Crippen molar-refractivity contribution in [2.45, 2.75) is 37.7 Å². The lowest BCUT2D eigenvalue weighted by Gasteiger charge is -2.25. The molecular formula is C25H29F3N4O3S2. The number of thiophene rings is 1. The number of likely N-dealkylation sites (tertiary alicyclic amines) is 1. The molecule has 0 radical (unpaired) electrons. The van der Waals surface area contributed by atoms with Crippen molar-refractivity contribution in [1.29, 1.82) is 0 Å². The van der Waals surface area contributed by atoms with E-state index in [1.54, 1.807) is 6.07 Å². The number of sulfone groups is 1. The third kappa shape index (κ3) is 6.18. The molecule has 12 heteroatoms. The van der Waals surface area contributed by atoms with Gasteiger partial charge in [0.25, 0.3) is 0 Å². The zero-order valence-electron chi connectivity index (χ0n) is 20.7. The first-order valence-corrected chi connectivity index (χ1v) is 14.9. The SMILES string of the molecule is COc1nc(N2CCC3(CCN(Cc4ccc(CS(C)(=O)=O)cc4)C3)C2)c2cc(CC(F)(F)F)sc2n1. The summed E-state index contributed by atoms with van der Waals surface area (Å²) >= 11 is 1.04. The van der Waals surface area contributed by atoms with Crippen LogP contribution in [0.2, 0.25) is 0 Å². The lowest BCUT2D eigenvalue weighted by molar-refractivity contribution is -0.126. The molecule has 0 saturated carbocycles. The zero-order valence-corrected chi connectivity index (χ0v) is 22.3. The van der Waals surface area contributed by atoms with Crippen LogP contribution in [-0.4, -0.2) is 69.0 Å². The largest absolute Gasteiger partial charge is 0.467 e. The van der Waals surface area contributed by atoms with Gasteiger partial charge < -0.3 is 9.64 Å². The number of rotatable bonds is 7. The maximum absolute atomic E-state index is 13.0. The van der Waals surface area contributed by atoms with Gasteiger partial charge in [0, 0.05) is 42.7 Å². The molecule has 200 valence electrons. The molecule has 7 nitrogen and oxygen atoms in total. The molecule has 1 spiro atoms. The minimum absolute atomic E-state index is 0.0405. The van der Waals surface area contributed by atoms with Crippen molar-refractivity contribution in [1.82, 2.24) is 14.9 Å². The number of hydrogen-bond acceptors (Lipinski definition) is 8. The summed E-state index contributed by atoms with van der Waals surface area (Å²) in [5, 5.41) is 0.645. The average Bonchev–Trinajstić information content (AvgIpc) is 3.51. The van der Waals surface area contributed by atoms with Crippen LogP contribution in [0, 0.1) is 5.41 Å². The highest BCUT2D eigenvalue weighted by molar-refractivity contribution is 7.89. The highest BCUT2D eigenvalue weighted by atomic mass is 32.2. The first-order valence-electron chi connectivity index (χ1n) is 12.0. The van der Waals surface area contributed by atoms with E-state index in [4.69, 9.17) is 4.74 Å². The summed E-state index contributed by atoms with van der Waals surface area (Å²) in [5.74, 6) is 0.682. The quantitative estimate of drug-likeness (QED) is 0.427. The highest BCUT2D eigenvalue weighted by Crippen LogP contribution is 2.44. The molecule has 3 aromatic rings. The molecule has 0 N–H and O–H groups in total. The number of halogens is 3. The summed E-state index contributed by atoms with van der Waals surface area (Å²) in [6.45, 7) is 4.21. The predicted molar refractivity (Wildman–Crippen MR) is 138 cm³/mol. The maximum Gasteiger partial charge on any atom is 0.393 e. The smallest absolute Gasteiger partial charge is 0.393 e. The van der Waals surface area contributed by atoms with Crippen LogP contribution in [0.3, 0.4) is 0 Å². The number of nitrogens with zero attached hydrogens (tertiary/aromatic N) is 4. The lowest BCUT2D eigenvalue weighted by atomic mass is 9.86. The second kappa shape index (κ2) is 9.70. The van der Waals surface area contributed by atoms with Gasteiger partial charge in [0.15, 0.2) is 9.84 Å². The Labute approximate surface area is 218 Å². The molecule has 1 unspecified atom stereocenters. The van der Waals surface area contributed by atoms with Crippen molar-refractivity contribution in [3.63, 3.8) is 0 Å². The van der Waals surface area contributed by atoms with E-state index in [0.29, 0.717) is 16.0 Å². The summed E-state index contributed by atoms with van der Waals surface area (Å²) in [6, 6.07) is 9.47. The number of anilines is 1. The Morgan fingerprint density at radius 1 is 1.08 bits per heavy atom.